The highest BCUT2D eigenvalue weighted by Crippen LogP contribution is 2.29. The van der Waals surface area contributed by atoms with Gasteiger partial charge in [-0.3, -0.25) is 4.90 Å². The van der Waals surface area contributed by atoms with Gasteiger partial charge in [0.2, 0.25) is 0 Å². The number of hydrogen-bond donors (Lipinski definition) is 1. The third kappa shape index (κ3) is 3.54. The summed E-state index contributed by atoms with van der Waals surface area (Å²) in [6, 6.07) is 2.60. The van der Waals surface area contributed by atoms with E-state index in [1.807, 2.05) is 0 Å². The topological polar surface area (TPSA) is 32.5 Å². The van der Waals surface area contributed by atoms with Gasteiger partial charge >= 0.3 is 0 Å². The van der Waals surface area contributed by atoms with Crippen molar-refractivity contribution in [3.63, 3.8) is 0 Å². The molecule has 1 saturated heterocycles. The third-order valence-electron chi connectivity index (χ3n) is 3.53. The average molecular weight is 332 g/mol. The molecule has 0 amide bonds. The van der Waals surface area contributed by atoms with Gasteiger partial charge in [-0.05, 0) is 35.0 Å². The van der Waals surface area contributed by atoms with Gasteiger partial charge in [-0.2, -0.15) is 0 Å². The first kappa shape index (κ1) is 14.5. The number of rotatable bonds is 5. The molecule has 5 heteroatoms. The van der Waals surface area contributed by atoms with Gasteiger partial charge in [0.15, 0.2) is 0 Å². The predicted molar refractivity (Wildman–Crippen MR) is 82.1 cm³/mol. The largest absolute Gasteiger partial charge is 0.329 e. The summed E-state index contributed by atoms with van der Waals surface area (Å²) in [4.78, 5) is 6.46. The zero-order valence-corrected chi connectivity index (χ0v) is 13.3. The van der Waals surface area contributed by atoms with Crippen LogP contribution in [0.5, 0.6) is 0 Å². The van der Waals surface area contributed by atoms with Crippen molar-refractivity contribution in [2.24, 2.45) is 5.73 Å². The molecule has 18 heavy (non-hydrogen) atoms. The lowest BCUT2D eigenvalue weighted by Gasteiger charge is -2.38. The molecule has 2 N–H and O–H groups in total. The summed E-state index contributed by atoms with van der Waals surface area (Å²) in [5.41, 5.74) is 5.97. The van der Waals surface area contributed by atoms with Crippen molar-refractivity contribution in [1.82, 2.24) is 9.80 Å². The molecule has 0 aromatic carbocycles. The molecule has 0 radical (unpaired) electrons. The van der Waals surface area contributed by atoms with E-state index in [1.54, 1.807) is 11.3 Å². The Bertz CT molecular complexity index is 361. The molecular weight excluding hydrogens is 310 g/mol. The molecular formula is C13H22BrN3S. The van der Waals surface area contributed by atoms with Crippen molar-refractivity contribution >= 4 is 27.3 Å². The zero-order valence-electron chi connectivity index (χ0n) is 10.9. The van der Waals surface area contributed by atoms with Crippen LogP contribution in [0.2, 0.25) is 0 Å². The molecule has 2 heterocycles. The van der Waals surface area contributed by atoms with E-state index in [4.69, 9.17) is 5.73 Å². The molecule has 0 bridgehead atoms. The van der Waals surface area contributed by atoms with Crippen molar-refractivity contribution in [3.05, 3.63) is 20.8 Å². The highest BCUT2D eigenvalue weighted by molar-refractivity contribution is 9.10. The van der Waals surface area contributed by atoms with Crippen LogP contribution in [0.15, 0.2) is 15.9 Å². The van der Waals surface area contributed by atoms with Gasteiger partial charge < -0.3 is 10.6 Å². The fraction of sp³-hybridized carbons (Fsp3) is 0.692. The van der Waals surface area contributed by atoms with Crippen LogP contribution in [0.4, 0.5) is 0 Å². The van der Waals surface area contributed by atoms with Gasteiger partial charge in [0, 0.05) is 47.5 Å². The van der Waals surface area contributed by atoms with Gasteiger partial charge in [0.05, 0.1) is 6.04 Å². The summed E-state index contributed by atoms with van der Waals surface area (Å²) >= 11 is 5.33. The number of nitrogens with zero attached hydrogens (tertiary/aromatic N) is 2. The maximum atomic E-state index is 5.97. The van der Waals surface area contributed by atoms with Gasteiger partial charge in [-0.1, -0.05) is 6.92 Å². The normalized spacial score (nSPS) is 20.2. The Labute approximate surface area is 122 Å². The Hall–Kier alpha value is 0.0600. The lowest BCUT2D eigenvalue weighted by molar-refractivity contribution is 0.0998. The number of nitrogens with two attached hydrogens (primary N) is 1. The van der Waals surface area contributed by atoms with Crippen LogP contribution in [0.1, 0.15) is 24.3 Å². The van der Waals surface area contributed by atoms with Gasteiger partial charge in [-0.25, -0.2) is 0 Å². The van der Waals surface area contributed by atoms with Crippen molar-refractivity contribution in [2.45, 2.75) is 19.4 Å². The summed E-state index contributed by atoms with van der Waals surface area (Å²) in [5.74, 6) is 0. The minimum atomic E-state index is 0.394. The molecule has 1 aliphatic rings. The van der Waals surface area contributed by atoms with Gasteiger partial charge in [-0.15, -0.1) is 11.3 Å². The first-order valence-electron chi connectivity index (χ1n) is 6.65. The van der Waals surface area contributed by atoms with Gasteiger partial charge in [0.1, 0.15) is 0 Å². The molecule has 0 saturated carbocycles. The highest BCUT2D eigenvalue weighted by atomic mass is 79.9. The molecule has 1 fully saturated rings. The van der Waals surface area contributed by atoms with E-state index >= 15 is 0 Å². The molecule has 1 unspecified atom stereocenters. The summed E-state index contributed by atoms with van der Waals surface area (Å²) in [6.07, 6.45) is 1.25. The van der Waals surface area contributed by atoms with E-state index < -0.39 is 0 Å². The van der Waals surface area contributed by atoms with E-state index in [9.17, 15) is 0 Å². The third-order valence-corrected chi connectivity index (χ3v) is 5.32. The SMILES string of the molecule is CCCN1CCN(C(CN)c2cc(Br)cs2)CC1. The van der Waals surface area contributed by atoms with E-state index in [1.165, 1.54) is 35.4 Å². The Balaban J connectivity index is 1.94. The van der Waals surface area contributed by atoms with Crippen LogP contribution in [0, 0.1) is 0 Å². The quantitative estimate of drug-likeness (QED) is 0.899. The number of halogens is 1. The van der Waals surface area contributed by atoms with Crippen LogP contribution in [0.25, 0.3) is 0 Å². The second-order valence-corrected chi connectivity index (χ2v) is 6.65. The van der Waals surface area contributed by atoms with Crippen molar-refractivity contribution in [2.75, 3.05) is 39.3 Å². The van der Waals surface area contributed by atoms with Crippen LogP contribution in [-0.2, 0) is 0 Å². The summed E-state index contributed by atoms with van der Waals surface area (Å²) in [6.45, 7) is 8.81. The summed E-state index contributed by atoms with van der Waals surface area (Å²) < 4.78 is 1.17. The molecule has 1 aromatic rings. The Morgan fingerprint density at radius 2 is 2.11 bits per heavy atom. The molecule has 1 atom stereocenters. The standard InChI is InChI=1S/C13H22BrN3S/c1-2-3-16-4-6-17(7-5-16)12(9-15)13-8-11(14)10-18-13/h8,10,12H,2-7,9,15H2,1H3. The fourth-order valence-corrected chi connectivity index (χ4v) is 4.16. The van der Waals surface area contributed by atoms with Crippen LogP contribution < -0.4 is 5.73 Å². The second kappa shape index (κ2) is 7.01. The maximum absolute atomic E-state index is 5.97. The monoisotopic (exact) mass is 331 g/mol. The predicted octanol–water partition coefficient (Wildman–Crippen LogP) is 2.54. The average Bonchev–Trinajstić information content (AvgIpc) is 2.79. The molecule has 3 nitrogen and oxygen atoms in total. The number of hydrogen-bond acceptors (Lipinski definition) is 4. The minimum absolute atomic E-state index is 0.394. The lowest BCUT2D eigenvalue weighted by atomic mass is 10.1. The summed E-state index contributed by atoms with van der Waals surface area (Å²) in [7, 11) is 0. The molecule has 102 valence electrons. The summed E-state index contributed by atoms with van der Waals surface area (Å²) in [5, 5.41) is 2.14. The van der Waals surface area contributed by atoms with Crippen LogP contribution >= 0.6 is 27.3 Å². The first-order valence-corrected chi connectivity index (χ1v) is 8.32. The molecule has 0 aliphatic carbocycles. The van der Waals surface area contributed by atoms with Crippen molar-refractivity contribution in [1.29, 1.82) is 0 Å². The smallest absolute Gasteiger partial charge is 0.0565 e. The lowest BCUT2D eigenvalue weighted by Crippen LogP contribution is -2.48. The number of thiophene rings is 1. The second-order valence-electron chi connectivity index (χ2n) is 4.80. The van der Waals surface area contributed by atoms with E-state index in [-0.39, 0.29) is 0 Å². The highest BCUT2D eigenvalue weighted by Gasteiger charge is 2.24. The minimum Gasteiger partial charge on any atom is -0.329 e. The van der Waals surface area contributed by atoms with Crippen LogP contribution in [0.3, 0.4) is 0 Å². The molecule has 1 aromatic heterocycles. The van der Waals surface area contributed by atoms with Gasteiger partial charge in [0.25, 0.3) is 0 Å². The Morgan fingerprint density at radius 3 is 2.61 bits per heavy atom. The van der Waals surface area contributed by atoms with Crippen LogP contribution in [-0.4, -0.2) is 49.1 Å². The number of piperazine rings is 1. The Kier molecular flexibility index (Phi) is 5.63. The van der Waals surface area contributed by atoms with E-state index in [2.05, 4.69) is 44.1 Å². The molecule has 1 aliphatic heterocycles. The Morgan fingerprint density at radius 1 is 1.39 bits per heavy atom. The zero-order chi connectivity index (χ0) is 13.0. The maximum Gasteiger partial charge on any atom is 0.0565 e. The fourth-order valence-electron chi connectivity index (χ4n) is 2.56. The van der Waals surface area contributed by atoms with Crippen molar-refractivity contribution < 1.29 is 0 Å². The first-order chi connectivity index (χ1) is 8.74. The van der Waals surface area contributed by atoms with E-state index in [0.717, 1.165) is 13.1 Å². The molecule has 2 rings (SSSR count). The van der Waals surface area contributed by atoms with Crippen molar-refractivity contribution in [3.8, 4) is 0 Å². The van der Waals surface area contributed by atoms with E-state index in [0.29, 0.717) is 12.6 Å². The molecule has 0 spiro atoms.